The molecule has 0 aromatic heterocycles. The van der Waals surface area contributed by atoms with Gasteiger partial charge in [-0.05, 0) is 43.0 Å². The van der Waals surface area contributed by atoms with Crippen LogP contribution in [0, 0.1) is 10.1 Å². The van der Waals surface area contributed by atoms with Crippen molar-refractivity contribution in [3.63, 3.8) is 0 Å². The number of nitrogens with zero attached hydrogens (tertiary/aromatic N) is 4. The van der Waals surface area contributed by atoms with Gasteiger partial charge >= 0.3 is 0 Å². The van der Waals surface area contributed by atoms with Crippen molar-refractivity contribution in [1.29, 1.82) is 0 Å². The Morgan fingerprint density at radius 1 is 1.03 bits per heavy atom. The van der Waals surface area contributed by atoms with Crippen molar-refractivity contribution in [2.75, 3.05) is 43.1 Å². The van der Waals surface area contributed by atoms with Crippen molar-refractivity contribution in [2.45, 2.75) is 0 Å². The van der Waals surface area contributed by atoms with Gasteiger partial charge in [0.1, 0.15) is 11.3 Å². The second-order valence-corrected chi connectivity index (χ2v) is 8.35. The Balaban J connectivity index is 1.63. The summed E-state index contributed by atoms with van der Waals surface area (Å²) in [4.78, 5) is 40.7. The van der Waals surface area contributed by atoms with Gasteiger partial charge in [-0.3, -0.25) is 25.1 Å². The van der Waals surface area contributed by atoms with Gasteiger partial charge in [0.05, 0.1) is 20.7 Å². The molecule has 2 saturated heterocycles. The van der Waals surface area contributed by atoms with Crippen LogP contribution < -0.4 is 15.3 Å². The first-order valence-corrected chi connectivity index (χ1v) is 10.5. The van der Waals surface area contributed by atoms with E-state index in [1.165, 1.54) is 24.3 Å². The van der Waals surface area contributed by atoms with Crippen LogP contribution in [0.3, 0.4) is 0 Å². The summed E-state index contributed by atoms with van der Waals surface area (Å²) >= 11 is 11.9. The minimum Gasteiger partial charge on any atom is -0.363 e. The van der Waals surface area contributed by atoms with Crippen LogP contribution in [0.2, 0.25) is 10.0 Å². The molecule has 9 nitrogen and oxygen atoms in total. The van der Waals surface area contributed by atoms with E-state index in [-0.39, 0.29) is 16.3 Å². The zero-order valence-electron chi connectivity index (χ0n) is 17.0. The Morgan fingerprint density at radius 2 is 1.75 bits per heavy atom. The lowest BCUT2D eigenvalue weighted by Crippen LogP contribution is -2.44. The van der Waals surface area contributed by atoms with E-state index in [9.17, 15) is 19.7 Å². The number of rotatable bonds is 4. The maximum absolute atomic E-state index is 12.8. The molecule has 2 amide bonds. The second kappa shape index (κ2) is 8.78. The number of amides is 2. The van der Waals surface area contributed by atoms with Crippen molar-refractivity contribution in [3.8, 4) is 0 Å². The molecule has 32 heavy (non-hydrogen) atoms. The number of nitrogens with one attached hydrogen (secondary N) is 1. The number of nitro groups is 1. The van der Waals surface area contributed by atoms with Crippen LogP contribution >= 0.6 is 23.2 Å². The van der Waals surface area contributed by atoms with Gasteiger partial charge in [0, 0.05) is 32.2 Å². The highest BCUT2D eigenvalue weighted by molar-refractivity contribution is 6.42. The summed E-state index contributed by atoms with van der Waals surface area (Å²) in [7, 11) is 2.01. The molecule has 166 valence electrons. The predicted octanol–water partition coefficient (Wildman–Crippen LogP) is 3.11. The summed E-state index contributed by atoms with van der Waals surface area (Å²) in [5.74, 6) is -1.22. The third-order valence-corrected chi connectivity index (χ3v) is 6.14. The van der Waals surface area contributed by atoms with Crippen LogP contribution in [-0.4, -0.2) is 54.9 Å². The second-order valence-electron chi connectivity index (χ2n) is 7.53. The number of hydrogen-bond acceptors (Lipinski definition) is 6. The molecule has 0 spiro atoms. The number of piperazine rings is 1. The number of hydrogen-bond donors (Lipinski definition) is 1. The zero-order valence-corrected chi connectivity index (χ0v) is 18.6. The Bertz CT molecular complexity index is 1150. The Labute approximate surface area is 193 Å². The van der Waals surface area contributed by atoms with Gasteiger partial charge in [-0.15, -0.1) is 0 Å². The largest absolute Gasteiger partial charge is 0.363 e. The summed E-state index contributed by atoms with van der Waals surface area (Å²) in [5, 5.41) is 13.3. The molecule has 2 aromatic rings. The summed E-state index contributed by atoms with van der Waals surface area (Å²) in [6, 6.07) is 9.22. The molecule has 0 bridgehead atoms. The molecule has 11 heteroatoms. The van der Waals surface area contributed by atoms with Gasteiger partial charge in [-0.1, -0.05) is 29.3 Å². The monoisotopic (exact) mass is 475 g/mol. The number of anilines is 2. The van der Waals surface area contributed by atoms with Crippen LogP contribution in [0.15, 0.2) is 42.0 Å². The lowest BCUT2D eigenvalue weighted by atomic mass is 10.1. The first kappa shape index (κ1) is 22.1. The molecule has 0 saturated carbocycles. The fourth-order valence-corrected chi connectivity index (χ4v) is 3.91. The first-order valence-electron chi connectivity index (χ1n) is 9.78. The van der Waals surface area contributed by atoms with Crippen molar-refractivity contribution in [1.82, 2.24) is 10.3 Å². The van der Waals surface area contributed by atoms with E-state index >= 15 is 0 Å². The maximum atomic E-state index is 12.8. The number of benzene rings is 2. The number of hydrazine groups is 1. The van der Waals surface area contributed by atoms with Gasteiger partial charge in [0.15, 0.2) is 0 Å². The molecule has 1 N–H and O–H groups in total. The summed E-state index contributed by atoms with van der Waals surface area (Å²) in [6.07, 6.45) is 1.34. The quantitative estimate of drug-likeness (QED) is 0.315. The average molecular weight is 476 g/mol. The number of likely N-dealkylation sites (N-methyl/N-ethyl adjacent to an activating group) is 1. The molecule has 0 unspecified atom stereocenters. The molecule has 2 heterocycles. The van der Waals surface area contributed by atoms with Gasteiger partial charge in [0.2, 0.25) is 0 Å². The van der Waals surface area contributed by atoms with Crippen molar-refractivity contribution in [3.05, 3.63) is 67.7 Å². The van der Waals surface area contributed by atoms with Crippen LogP contribution in [0.1, 0.15) is 5.56 Å². The summed E-state index contributed by atoms with van der Waals surface area (Å²) in [5.41, 5.74) is 3.50. The molecule has 0 atom stereocenters. The Kier molecular flexibility index (Phi) is 6.05. The molecule has 2 fully saturated rings. The average Bonchev–Trinajstić information content (AvgIpc) is 3.04. The molecule has 2 aliphatic rings. The highest BCUT2D eigenvalue weighted by atomic mass is 35.5. The highest BCUT2D eigenvalue weighted by Gasteiger charge is 2.35. The van der Waals surface area contributed by atoms with Crippen LogP contribution in [0.5, 0.6) is 0 Å². The van der Waals surface area contributed by atoms with Crippen LogP contribution in [0.25, 0.3) is 6.08 Å². The maximum Gasteiger partial charge on any atom is 0.293 e. The van der Waals surface area contributed by atoms with Crippen molar-refractivity contribution >= 4 is 58.2 Å². The molecule has 4 rings (SSSR count). The lowest BCUT2D eigenvalue weighted by molar-refractivity contribution is -0.384. The van der Waals surface area contributed by atoms with E-state index < -0.39 is 16.7 Å². The smallest absolute Gasteiger partial charge is 0.293 e. The topological polar surface area (TPSA) is 99.0 Å². The molecule has 2 aliphatic heterocycles. The third kappa shape index (κ3) is 4.27. The van der Waals surface area contributed by atoms with Crippen molar-refractivity contribution in [2.24, 2.45) is 0 Å². The number of halogens is 2. The van der Waals surface area contributed by atoms with E-state index in [2.05, 4.69) is 10.3 Å². The highest BCUT2D eigenvalue weighted by Crippen LogP contribution is 2.32. The minimum absolute atomic E-state index is 0.0731. The standard InChI is InChI=1S/C21H19Cl2N5O4/c1-25-6-8-26(9-7-25)18-5-2-13(11-19(18)28(31)32)10-15-20(29)24-27(21(15)30)14-3-4-16(22)17(23)12-14/h2-5,10-12H,6-9H2,1H3,(H,24,29). The number of carbonyl (C=O) groups is 2. The minimum atomic E-state index is -0.619. The lowest BCUT2D eigenvalue weighted by Gasteiger charge is -2.33. The first-order chi connectivity index (χ1) is 15.2. The molecule has 0 aliphatic carbocycles. The number of carbonyl (C=O) groups excluding carboxylic acids is 2. The Morgan fingerprint density at radius 3 is 2.41 bits per heavy atom. The van der Waals surface area contributed by atoms with Gasteiger partial charge in [-0.2, -0.15) is 0 Å². The van der Waals surface area contributed by atoms with Gasteiger partial charge in [0.25, 0.3) is 17.5 Å². The normalized spacial score (nSPS) is 18.4. The predicted molar refractivity (Wildman–Crippen MR) is 123 cm³/mol. The van der Waals surface area contributed by atoms with Crippen LogP contribution in [-0.2, 0) is 9.59 Å². The molecule has 2 aromatic carbocycles. The van der Waals surface area contributed by atoms with Crippen molar-refractivity contribution < 1.29 is 14.5 Å². The zero-order chi connectivity index (χ0) is 23.0. The van der Waals surface area contributed by atoms with Crippen LogP contribution in [0.4, 0.5) is 17.1 Å². The Hall–Kier alpha value is -3.14. The number of nitro benzene ring substituents is 1. The summed E-state index contributed by atoms with van der Waals surface area (Å²) in [6.45, 7) is 2.97. The van der Waals surface area contributed by atoms with Gasteiger partial charge in [-0.25, -0.2) is 5.01 Å². The fourth-order valence-electron chi connectivity index (χ4n) is 3.62. The fraction of sp³-hybridized carbons (Fsp3) is 0.238. The van der Waals surface area contributed by atoms with Gasteiger partial charge < -0.3 is 9.80 Å². The van der Waals surface area contributed by atoms with E-state index in [0.717, 1.165) is 18.1 Å². The summed E-state index contributed by atoms with van der Waals surface area (Å²) < 4.78 is 0. The van der Waals surface area contributed by atoms with E-state index in [4.69, 9.17) is 23.2 Å². The molecular weight excluding hydrogens is 457 g/mol. The molecule has 0 radical (unpaired) electrons. The third-order valence-electron chi connectivity index (χ3n) is 5.40. The van der Waals surface area contributed by atoms with E-state index in [0.29, 0.717) is 35.1 Å². The SMILES string of the molecule is CN1CCN(c2ccc(C=C3C(=O)NN(c4ccc(Cl)c(Cl)c4)C3=O)cc2[N+](=O)[O-])CC1. The van der Waals surface area contributed by atoms with E-state index in [1.807, 2.05) is 11.9 Å². The van der Waals surface area contributed by atoms with E-state index in [1.54, 1.807) is 18.2 Å². The molecular formula is C21H19Cl2N5O4.